The first-order valence-electron chi connectivity index (χ1n) is 10.0. The van der Waals surface area contributed by atoms with Gasteiger partial charge in [-0.1, -0.05) is 24.6 Å². The van der Waals surface area contributed by atoms with Gasteiger partial charge in [0.2, 0.25) is 10.0 Å². The average molecular weight is 564 g/mol. The summed E-state index contributed by atoms with van der Waals surface area (Å²) in [5.74, 6) is 0.644. The van der Waals surface area contributed by atoms with Gasteiger partial charge in [-0.2, -0.15) is 4.31 Å². The molecule has 0 saturated carbocycles. The van der Waals surface area contributed by atoms with Crippen LogP contribution in [0.1, 0.15) is 41.6 Å². The van der Waals surface area contributed by atoms with Gasteiger partial charge in [-0.05, 0) is 38.3 Å². The highest BCUT2D eigenvalue weighted by Crippen LogP contribution is 2.24. The molecule has 0 bridgehead atoms. The van der Waals surface area contributed by atoms with Crippen LogP contribution in [0, 0.1) is 6.92 Å². The molecule has 0 unspecified atom stereocenters. The number of nitrogens with zero attached hydrogens (tertiary/aromatic N) is 3. The molecule has 0 amide bonds. The molecule has 166 valence electrons. The average Bonchev–Trinajstić information content (AvgIpc) is 3.16. The molecular formula is C20H30IN5O2S2. The Kier molecular flexibility index (Phi) is 9.98. The van der Waals surface area contributed by atoms with E-state index < -0.39 is 10.0 Å². The number of guanidine groups is 1. The maximum absolute atomic E-state index is 13.1. The van der Waals surface area contributed by atoms with Crippen LogP contribution in [0.3, 0.4) is 0 Å². The van der Waals surface area contributed by atoms with Crippen molar-refractivity contribution in [1.82, 2.24) is 19.9 Å². The first kappa shape index (κ1) is 25.0. The Bertz CT molecular complexity index is 940. The Labute approximate surface area is 200 Å². The van der Waals surface area contributed by atoms with Gasteiger partial charge >= 0.3 is 0 Å². The van der Waals surface area contributed by atoms with Gasteiger partial charge in [-0.15, -0.1) is 35.3 Å². The Morgan fingerprint density at radius 1 is 1.20 bits per heavy atom. The number of aryl methyl sites for hydroxylation is 1. The second-order valence-electron chi connectivity index (χ2n) is 6.99. The molecule has 0 radical (unpaired) electrons. The zero-order valence-corrected chi connectivity index (χ0v) is 21.4. The number of benzene rings is 1. The van der Waals surface area contributed by atoms with E-state index in [2.05, 4.69) is 20.6 Å². The molecule has 2 heterocycles. The Hall–Kier alpha value is -1.24. The van der Waals surface area contributed by atoms with Crippen molar-refractivity contribution in [3.05, 3.63) is 45.9 Å². The molecule has 0 spiro atoms. The summed E-state index contributed by atoms with van der Waals surface area (Å²) in [6, 6.07) is 7.17. The van der Waals surface area contributed by atoms with Crippen LogP contribution in [0.15, 0.2) is 40.4 Å². The summed E-state index contributed by atoms with van der Waals surface area (Å²) in [7, 11) is -3.49. The first-order valence-corrected chi connectivity index (χ1v) is 12.3. The number of piperidine rings is 1. The molecule has 2 aromatic rings. The molecule has 1 saturated heterocycles. The van der Waals surface area contributed by atoms with Crippen molar-refractivity contribution in [1.29, 1.82) is 0 Å². The third-order valence-corrected chi connectivity index (χ3v) is 7.65. The molecule has 1 aromatic heterocycles. The van der Waals surface area contributed by atoms with Gasteiger partial charge in [0, 0.05) is 30.7 Å². The van der Waals surface area contributed by atoms with Crippen LogP contribution in [0.4, 0.5) is 0 Å². The highest BCUT2D eigenvalue weighted by Gasteiger charge is 2.27. The summed E-state index contributed by atoms with van der Waals surface area (Å²) in [4.78, 5) is 10.5. The van der Waals surface area contributed by atoms with Crippen LogP contribution >= 0.6 is 35.3 Å². The van der Waals surface area contributed by atoms with Crippen molar-refractivity contribution in [2.24, 2.45) is 4.99 Å². The van der Waals surface area contributed by atoms with E-state index in [-0.39, 0.29) is 30.5 Å². The molecule has 3 rings (SSSR count). The molecule has 1 fully saturated rings. The molecule has 0 atom stereocenters. The van der Waals surface area contributed by atoms with Crippen LogP contribution in [-0.4, -0.2) is 43.3 Å². The Balaban J connectivity index is 0.00000320. The van der Waals surface area contributed by atoms with Gasteiger partial charge in [0.05, 0.1) is 18.0 Å². The quantitative estimate of drug-likeness (QED) is 0.306. The molecule has 1 aromatic carbocycles. The molecule has 2 N–H and O–H groups in total. The van der Waals surface area contributed by atoms with E-state index in [0.29, 0.717) is 36.1 Å². The highest BCUT2D eigenvalue weighted by atomic mass is 127. The fourth-order valence-electron chi connectivity index (χ4n) is 3.28. The van der Waals surface area contributed by atoms with Crippen molar-refractivity contribution in [3.8, 4) is 0 Å². The molecule has 10 heteroatoms. The van der Waals surface area contributed by atoms with Gasteiger partial charge in [0.15, 0.2) is 5.96 Å². The van der Waals surface area contributed by atoms with Crippen LogP contribution < -0.4 is 10.6 Å². The van der Waals surface area contributed by atoms with Gasteiger partial charge in [0.1, 0.15) is 5.01 Å². The van der Waals surface area contributed by atoms with E-state index in [1.165, 1.54) is 4.88 Å². The third-order valence-electron chi connectivity index (χ3n) is 4.73. The predicted octanol–water partition coefficient (Wildman–Crippen LogP) is 3.50. The van der Waals surface area contributed by atoms with Crippen molar-refractivity contribution in [2.75, 3.05) is 19.6 Å². The maximum atomic E-state index is 13.1. The van der Waals surface area contributed by atoms with Gasteiger partial charge in [-0.3, -0.25) is 0 Å². The summed E-state index contributed by atoms with van der Waals surface area (Å²) in [6.45, 7) is 6.80. The molecule has 7 nitrogen and oxygen atoms in total. The normalized spacial score (nSPS) is 15.5. The summed E-state index contributed by atoms with van der Waals surface area (Å²) >= 11 is 1.64. The predicted molar refractivity (Wildman–Crippen MR) is 133 cm³/mol. The van der Waals surface area contributed by atoms with Crippen molar-refractivity contribution in [3.63, 3.8) is 0 Å². The SMILES string of the molecule is CCNC(=NCc1ccccc1S(=O)(=O)N1CCCCC1)NCc1ncc(C)s1.I. The third kappa shape index (κ3) is 6.63. The molecule has 0 aliphatic carbocycles. The van der Waals surface area contributed by atoms with E-state index in [9.17, 15) is 8.42 Å². The second-order valence-corrected chi connectivity index (χ2v) is 10.2. The van der Waals surface area contributed by atoms with E-state index >= 15 is 0 Å². The summed E-state index contributed by atoms with van der Waals surface area (Å²) < 4.78 is 27.9. The number of hydrogen-bond acceptors (Lipinski definition) is 5. The zero-order chi connectivity index (χ0) is 20.7. The number of sulfonamides is 1. The second kappa shape index (κ2) is 12.0. The maximum Gasteiger partial charge on any atom is 0.243 e. The topological polar surface area (TPSA) is 86.7 Å². The molecular weight excluding hydrogens is 533 g/mol. The summed E-state index contributed by atoms with van der Waals surface area (Å²) in [5, 5.41) is 7.46. The standard InChI is InChI=1S/C20H29N5O2S2.HI/c1-3-21-20(24-15-19-22-13-16(2)28-19)23-14-17-9-5-6-10-18(17)29(26,27)25-11-7-4-8-12-25;/h5-6,9-10,13H,3-4,7-8,11-12,14-15H2,1-2H3,(H2,21,23,24);1H. The molecule has 30 heavy (non-hydrogen) atoms. The minimum atomic E-state index is -3.49. The fraction of sp³-hybridized carbons (Fsp3) is 0.500. The minimum Gasteiger partial charge on any atom is -0.357 e. The van der Waals surface area contributed by atoms with Crippen LogP contribution in [0.5, 0.6) is 0 Å². The first-order chi connectivity index (χ1) is 14.0. The lowest BCUT2D eigenvalue weighted by Gasteiger charge is -2.26. The zero-order valence-electron chi connectivity index (χ0n) is 17.4. The number of aromatic nitrogens is 1. The van der Waals surface area contributed by atoms with Gasteiger partial charge < -0.3 is 10.6 Å². The van der Waals surface area contributed by atoms with E-state index in [1.54, 1.807) is 27.8 Å². The number of nitrogens with one attached hydrogen (secondary N) is 2. The monoisotopic (exact) mass is 563 g/mol. The highest BCUT2D eigenvalue weighted by molar-refractivity contribution is 14.0. The van der Waals surface area contributed by atoms with Crippen molar-refractivity contribution < 1.29 is 8.42 Å². The fourth-order valence-corrected chi connectivity index (χ4v) is 5.74. The summed E-state index contributed by atoms with van der Waals surface area (Å²) in [5.41, 5.74) is 0.709. The van der Waals surface area contributed by atoms with Crippen molar-refractivity contribution in [2.45, 2.75) is 51.1 Å². The lowest BCUT2D eigenvalue weighted by Crippen LogP contribution is -2.37. The lowest BCUT2D eigenvalue weighted by molar-refractivity contribution is 0.346. The number of hydrogen-bond donors (Lipinski definition) is 2. The van der Waals surface area contributed by atoms with Gasteiger partial charge in [0.25, 0.3) is 0 Å². The van der Waals surface area contributed by atoms with Gasteiger partial charge in [-0.25, -0.2) is 18.4 Å². The number of aliphatic imine (C=N–C) groups is 1. The lowest BCUT2D eigenvalue weighted by atomic mass is 10.2. The van der Waals surface area contributed by atoms with Crippen LogP contribution in [0.25, 0.3) is 0 Å². The Morgan fingerprint density at radius 2 is 1.93 bits per heavy atom. The van der Waals surface area contributed by atoms with Crippen LogP contribution in [0.2, 0.25) is 0 Å². The van der Waals surface area contributed by atoms with E-state index in [1.807, 2.05) is 32.2 Å². The van der Waals surface area contributed by atoms with E-state index in [0.717, 1.165) is 30.8 Å². The number of halogens is 1. The van der Waals surface area contributed by atoms with Crippen LogP contribution in [-0.2, 0) is 23.1 Å². The molecule has 1 aliphatic rings. The smallest absolute Gasteiger partial charge is 0.243 e. The van der Waals surface area contributed by atoms with Crippen molar-refractivity contribution >= 4 is 51.3 Å². The number of thiazole rings is 1. The number of rotatable bonds is 7. The summed E-state index contributed by atoms with van der Waals surface area (Å²) in [6.07, 6.45) is 4.79. The molecule has 1 aliphatic heterocycles. The van der Waals surface area contributed by atoms with E-state index in [4.69, 9.17) is 0 Å². The largest absolute Gasteiger partial charge is 0.357 e. The minimum absolute atomic E-state index is 0. The Morgan fingerprint density at radius 3 is 2.60 bits per heavy atom.